The Bertz CT molecular complexity index is 769. The molecule has 0 atom stereocenters. The lowest BCUT2D eigenvalue weighted by molar-refractivity contribution is 0.372. The van der Waals surface area contributed by atoms with E-state index >= 15 is 0 Å². The summed E-state index contributed by atoms with van der Waals surface area (Å²) in [5, 5.41) is 3.48. The highest BCUT2D eigenvalue weighted by atomic mass is 127. The molecule has 0 amide bonds. The van der Waals surface area contributed by atoms with Crippen molar-refractivity contribution in [1.82, 2.24) is 15.1 Å². The van der Waals surface area contributed by atoms with Gasteiger partial charge in [-0.05, 0) is 49.5 Å². The van der Waals surface area contributed by atoms with E-state index in [-0.39, 0.29) is 29.8 Å². The van der Waals surface area contributed by atoms with E-state index in [1.54, 1.807) is 0 Å². The Labute approximate surface area is 190 Å². The predicted molar refractivity (Wildman–Crippen MR) is 130 cm³/mol. The molecule has 158 valence electrons. The quantitative estimate of drug-likeness (QED) is 0.379. The van der Waals surface area contributed by atoms with Crippen LogP contribution in [-0.2, 0) is 13.1 Å². The van der Waals surface area contributed by atoms with Crippen molar-refractivity contribution in [2.24, 2.45) is 4.99 Å². The van der Waals surface area contributed by atoms with Crippen molar-refractivity contribution < 1.29 is 4.39 Å². The van der Waals surface area contributed by atoms with Crippen LogP contribution in [0.1, 0.15) is 11.1 Å². The zero-order valence-corrected chi connectivity index (χ0v) is 19.8. The zero-order valence-electron chi connectivity index (χ0n) is 17.4. The Morgan fingerprint density at radius 3 is 2.10 bits per heavy atom. The van der Waals surface area contributed by atoms with Gasteiger partial charge in [-0.15, -0.1) is 24.0 Å². The Hall–Kier alpha value is -1.87. The van der Waals surface area contributed by atoms with Crippen LogP contribution in [0, 0.1) is 5.82 Å². The number of hydrogen-bond acceptors (Lipinski definition) is 3. The van der Waals surface area contributed by atoms with E-state index in [1.165, 1.54) is 23.3 Å². The van der Waals surface area contributed by atoms with Gasteiger partial charge in [0.05, 0.1) is 0 Å². The average Bonchev–Trinajstić information content (AvgIpc) is 2.70. The van der Waals surface area contributed by atoms with Crippen LogP contribution in [0.5, 0.6) is 0 Å². The largest absolute Gasteiger partial charge is 0.368 e. The van der Waals surface area contributed by atoms with Crippen molar-refractivity contribution in [2.75, 3.05) is 52.2 Å². The number of hydrogen-bond donors (Lipinski definition) is 1. The molecular formula is C22H31FIN5. The molecule has 0 bridgehead atoms. The van der Waals surface area contributed by atoms with Gasteiger partial charge < -0.3 is 20.0 Å². The van der Waals surface area contributed by atoms with Gasteiger partial charge in [-0.1, -0.05) is 24.3 Å². The number of nitrogens with one attached hydrogen (secondary N) is 1. The molecule has 1 aliphatic heterocycles. The zero-order chi connectivity index (χ0) is 19.9. The van der Waals surface area contributed by atoms with Gasteiger partial charge >= 0.3 is 0 Å². The second-order valence-electron chi connectivity index (χ2n) is 7.41. The van der Waals surface area contributed by atoms with Gasteiger partial charge in [-0.25, -0.2) is 4.39 Å². The van der Waals surface area contributed by atoms with E-state index in [1.807, 2.05) is 19.2 Å². The van der Waals surface area contributed by atoms with Gasteiger partial charge in [0.25, 0.3) is 0 Å². The number of halogens is 2. The first kappa shape index (κ1) is 23.4. The Morgan fingerprint density at radius 2 is 1.55 bits per heavy atom. The third-order valence-corrected chi connectivity index (χ3v) is 4.96. The molecule has 2 aromatic carbocycles. The fraction of sp³-hybridized carbons (Fsp3) is 0.409. The van der Waals surface area contributed by atoms with Crippen LogP contribution in [0.4, 0.5) is 10.1 Å². The molecule has 2 aromatic rings. The summed E-state index contributed by atoms with van der Waals surface area (Å²) in [6.07, 6.45) is 0. The van der Waals surface area contributed by atoms with Crippen molar-refractivity contribution in [3.63, 3.8) is 0 Å². The molecular weight excluding hydrogens is 480 g/mol. The fourth-order valence-electron chi connectivity index (χ4n) is 3.47. The maximum Gasteiger partial charge on any atom is 0.194 e. The molecule has 0 aromatic heterocycles. The van der Waals surface area contributed by atoms with E-state index in [0.29, 0.717) is 0 Å². The van der Waals surface area contributed by atoms with Gasteiger partial charge in [0.2, 0.25) is 0 Å². The molecule has 5 nitrogen and oxygen atoms in total. The van der Waals surface area contributed by atoms with Gasteiger partial charge in [-0.3, -0.25) is 4.99 Å². The highest BCUT2D eigenvalue weighted by molar-refractivity contribution is 14.0. The number of nitrogens with zero attached hydrogens (tertiary/aromatic N) is 4. The second-order valence-corrected chi connectivity index (χ2v) is 7.41. The lowest BCUT2D eigenvalue weighted by Gasteiger charge is -2.37. The Morgan fingerprint density at radius 1 is 0.966 bits per heavy atom. The van der Waals surface area contributed by atoms with Crippen LogP contribution in [0.3, 0.4) is 0 Å². The molecule has 0 unspecified atom stereocenters. The first-order chi connectivity index (χ1) is 13.5. The maximum atomic E-state index is 13.1. The molecule has 1 N–H and O–H groups in total. The first-order valence-corrected chi connectivity index (χ1v) is 9.74. The Balaban J connectivity index is 0.00000300. The number of anilines is 1. The molecule has 7 heteroatoms. The number of aliphatic imine (C=N–C) groups is 1. The SMILES string of the molecule is CN=C(NCc1ccc(CN(C)C)cc1)N1CCN(c2ccc(F)cc2)CC1.I. The van der Waals surface area contributed by atoms with Crippen LogP contribution in [0.15, 0.2) is 53.5 Å². The second kappa shape index (κ2) is 11.3. The summed E-state index contributed by atoms with van der Waals surface area (Å²) in [4.78, 5) is 11.2. The van der Waals surface area contributed by atoms with E-state index < -0.39 is 0 Å². The minimum absolute atomic E-state index is 0. The summed E-state index contributed by atoms with van der Waals surface area (Å²) in [5.74, 6) is 0.734. The Kier molecular flexibility index (Phi) is 9.16. The van der Waals surface area contributed by atoms with Crippen molar-refractivity contribution in [2.45, 2.75) is 13.1 Å². The predicted octanol–water partition coefficient (Wildman–Crippen LogP) is 3.40. The van der Waals surface area contributed by atoms with E-state index in [9.17, 15) is 4.39 Å². The monoisotopic (exact) mass is 511 g/mol. The lowest BCUT2D eigenvalue weighted by atomic mass is 10.1. The van der Waals surface area contributed by atoms with Crippen molar-refractivity contribution in [3.05, 3.63) is 65.5 Å². The molecule has 29 heavy (non-hydrogen) atoms. The highest BCUT2D eigenvalue weighted by Gasteiger charge is 2.19. The van der Waals surface area contributed by atoms with E-state index in [0.717, 1.165) is 50.9 Å². The van der Waals surface area contributed by atoms with Crippen molar-refractivity contribution in [3.8, 4) is 0 Å². The fourth-order valence-corrected chi connectivity index (χ4v) is 3.47. The third-order valence-electron chi connectivity index (χ3n) is 4.96. The average molecular weight is 511 g/mol. The van der Waals surface area contributed by atoms with Crippen LogP contribution < -0.4 is 10.2 Å². The molecule has 0 spiro atoms. The molecule has 1 heterocycles. The summed E-state index contributed by atoms with van der Waals surface area (Å²) in [6.45, 7) is 5.27. The minimum Gasteiger partial charge on any atom is -0.368 e. The van der Waals surface area contributed by atoms with Gasteiger partial charge in [0, 0.05) is 52.0 Å². The minimum atomic E-state index is -0.193. The van der Waals surface area contributed by atoms with Gasteiger partial charge in [0.15, 0.2) is 5.96 Å². The highest BCUT2D eigenvalue weighted by Crippen LogP contribution is 2.17. The normalized spacial score (nSPS) is 14.7. The lowest BCUT2D eigenvalue weighted by Crippen LogP contribution is -2.52. The maximum absolute atomic E-state index is 13.1. The number of benzene rings is 2. The third kappa shape index (κ3) is 6.85. The number of rotatable bonds is 5. The van der Waals surface area contributed by atoms with E-state index in [2.05, 4.69) is 63.4 Å². The summed E-state index contributed by atoms with van der Waals surface area (Å²) >= 11 is 0. The molecule has 3 rings (SSSR count). The van der Waals surface area contributed by atoms with Gasteiger partial charge in [-0.2, -0.15) is 0 Å². The van der Waals surface area contributed by atoms with E-state index in [4.69, 9.17) is 0 Å². The van der Waals surface area contributed by atoms with Crippen LogP contribution >= 0.6 is 24.0 Å². The van der Waals surface area contributed by atoms with Crippen LogP contribution in [0.2, 0.25) is 0 Å². The first-order valence-electron chi connectivity index (χ1n) is 9.74. The number of guanidine groups is 1. The van der Waals surface area contributed by atoms with Crippen LogP contribution in [-0.4, -0.2) is 63.1 Å². The summed E-state index contributed by atoms with van der Waals surface area (Å²) in [6, 6.07) is 15.4. The summed E-state index contributed by atoms with van der Waals surface area (Å²) in [7, 11) is 5.99. The summed E-state index contributed by atoms with van der Waals surface area (Å²) in [5.41, 5.74) is 3.63. The molecule has 0 saturated carbocycles. The number of piperazine rings is 1. The molecule has 1 fully saturated rings. The standard InChI is InChI=1S/C22H30FN5.HI/c1-24-22(25-16-18-4-6-19(7-5-18)17-26(2)3)28-14-12-27(13-15-28)21-10-8-20(23)9-11-21;/h4-11H,12-17H2,1-3H3,(H,24,25);1H. The molecule has 1 aliphatic rings. The van der Waals surface area contributed by atoms with Crippen molar-refractivity contribution >= 4 is 35.6 Å². The van der Waals surface area contributed by atoms with Crippen LogP contribution in [0.25, 0.3) is 0 Å². The van der Waals surface area contributed by atoms with Gasteiger partial charge in [0.1, 0.15) is 5.82 Å². The molecule has 1 saturated heterocycles. The van der Waals surface area contributed by atoms with Crippen molar-refractivity contribution in [1.29, 1.82) is 0 Å². The molecule has 0 radical (unpaired) electrons. The molecule has 0 aliphatic carbocycles. The summed E-state index contributed by atoms with van der Waals surface area (Å²) < 4.78 is 13.1. The topological polar surface area (TPSA) is 34.1 Å². The smallest absolute Gasteiger partial charge is 0.194 e.